The largest absolute Gasteiger partial charge is 0.497 e. The van der Waals surface area contributed by atoms with E-state index in [4.69, 9.17) is 9.47 Å². The van der Waals surface area contributed by atoms with Crippen molar-refractivity contribution in [2.24, 2.45) is 0 Å². The van der Waals surface area contributed by atoms with Crippen molar-refractivity contribution in [3.8, 4) is 11.5 Å². The minimum atomic E-state index is -4.23. The van der Waals surface area contributed by atoms with Crippen LogP contribution in [0.25, 0.3) is 0 Å². The molecule has 9 nitrogen and oxygen atoms in total. The average molecular weight is 580 g/mol. The Labute approximate surface area is 242 Å². The maximum atomic E-state index is 14.1. The van der Waals surface area contributed by atoms with Gasteiger partial charge in [-0.3, -0.25) is 13.9 Å². The third-order valence-electron chi connectivity index (χ3n) is 7.33. The van der Waals surface area contributed by atoms with E-state index in [1.807, 2.05) is 30.3 Å². The first-order valence-corrected chi connectivity index (χ1v) is 15.1. The van der Waals surface area contributed by atoms with Gasteiger partial charge in [-0.15, -0.1) is 0 Å². The summed E-state index contributed by atoms with van der Waals surface area (Å²) in [5, 5.41) is 3.07. The van der Waals surface area contributed by atoms with Crippen molar-refractivity contribution in [1.29, 1.82) is 0 Å². The molecule has 0 unspecified atom stereocenters. The first-order valence-electron chi connectivity index (χ1n) is 13.7. The Kier molecular flexibility index (Phi) is 9.88. The molecule has 1 aliphatic carbocycles. The second-order valence-corrected chi connectivity index (χ2v) is 11.9. The highest BCUT2D eigenvalue weighted by molar-refractivity contribution is 7.92. The fourth-order valence-electron chi connectivity index (χ4n) is 4.98. The lowest BCUT2D eigenvalue weighted by molar-refractivity contribution is -0.139. The molecule has 0 spiro atoms. The SMILES string of the molecule is COc1ccc(OC)c(N(CC(=O)N(Cc2ccccc2)[C@H](C)C(=O)NC2CCCC2)S(=O)(=O)c2ccccc2)c1. The van der Waals surface area contributed by atoms with E-state index < -0.39 is 28.5 Å². The number of benzene rings is 3. The lowest BCUT2D eigenvalue weighted by Crippen LogP contribution is -2.52. The van der Waals surface area contributed by atoms with Gasteiger partial charge in [-0.1, -0.05) is 61.4 Å². The van der Waals surface area contributed by atoms with Crippen molar-refractivity contribution in [1.82, 2.24) is 10.2 Å². The molecule has 2 amide bonds. The molecule has 0 saturated heterocycles. The van der Waals surface area contributed by atoms with Gasteiger partial charge in [-0.05, 0) is 49.6 Å². The molecule has 0 aromatic heterocycles. The third kappa shape index (κ3) is 7.18. The molecule has 0 aliphatic heterocycles. The van der Waals surface area contributed by atoms with E-state index in [0.29, 0.717) is 5.75 Å². The number of hydrogen-bond acceptors (Lipinski definition) is 6. The molecule has 1 saturated carbocycles. The molecule has 0 bridgehead atoms. The Morgan fingerprint density at radius 3 is 2.17 bits per heavy atom. The fourth-order valence-corrected chi connectivity index (χ4v) is 6.42. The van der Waals surface area contributed by atoms with Crippen LogP contribution in [0.15, 0.2) is 83.8 Å². The van der Waals surface area contributed by atoms with Gasteiger partial charge in [0.15, 0.2) is 0 Å². The standard InChI is InChI=1S/C31H37N3O6S/c1-23(31(36)32-25-14-10-11-15-25)33(21-24-12-6-4-7-13-24)30(35)22-34(41(37,38)27-16-8-5-9-17-27)28-20-26(39-2)18-19-29(28)40-3/h4-9,12-13,16-20,23,25H,10-11,14-15,21-22H2,1-3H3,(H,32,36)/t23-/m1/s1. The van der Waals surface area contributed by atoms with Crippen LogP contribution in [0.4, 0.5) is 5.69 Å². The quantitative estimate of drug-likeness (QED) is 0.342. The average Bonchev–Trinajstić information content (AvgIpc) is 3.51. The van der Waals surface area contributed by atoms with Gasteiger partial charge in [0.1, 0.15) is 24.1 Å². The number of carbonyl (C=O) groups excluding carboxylic acids is 2. The Hall–Kier alpha value is -4.05. The van der Waals surface area contributed by atoms with E-state index in [9.17, 15) is 18.0 Å². The highest BCUT2D eigenvalue weighted by Gasteiger charge is 2.34. The van der Waals surface area contributed by atoms with Crippen molar-refractivity contribution in [3.05, 3.63) is 84.4 Å². The third-order valence-corrected chi connectivity index (χ3v) is 9.10. The van der Waals surface area contributed by atoms with E-state index in [1.54, 1.807) is 37.3 Å². The zero-order chi connectivity index (χ0) is 29.4. The molecule has 1 atom stereocenters. The maximum absolute atomic E-state index is 14.1. The Morgan fingerprint density at radius 1 is 0.927 bits per heavy atom. The number of sulfonamides is 1. The predicted octanol–water partition coefficient (Wildman–Crippen LogP) is 4.38. The molecular weight excluding hydrogens is 542 g/mol. The highest BCUT2D eigenvalue weighted by atomic mass is 32.2. The summed E-state index contributed by atoms with van der Waals surface area (Å²) in [5.41, 5.74) is 0.963. The van der Waals surface area contributed by atoms with Crippen LogP contribution in [-0.4, -0.2) is 58.0 Å². The predicted molar refractivity (Wildman–Crippen MR) is 157 cm³/mol. The molecule has 0 heterocycles. The van der Waals surface area contributed by atoms with Gasteiger partial charge in [0.05, 0.1) is 24.8 Å². The lowest BCUT2D eigenvalue weighted by Gasteiger charge is -2.33. The van der Waals surface area contributed by atoms with Crippen LogP contribution >= 0.6 is 0 Å². The Bertz CT molecular complexity index is 1430. The number of nitrogens with one attached hydrogen (secondary N) is 1. The topological polar surface area (TPSA) is 105 Å². The summed E-state index contributed by atoms with van der Waals surface area (Å²) in [5.74, 6) is -0.156. The van der Waals surface area contributed by atoms with Crippen LogP contribution in [-0.2, 0) is 26.2 Å². The van der Waals surface area contributed by atoms with Crippen LogP contribution in [0.5, 0.6) is 11.5 Å². The number of nitrogens with zero attached hydrogens (tertiary/aromatic N) is 2. The Morgan fingerprint density at radius 2 is 1.56 bits per heavy atom. The van der Waals surface area contributed by atoms with Gasteiger partial charge in [-0.25, -0.2) is 8.42 Å². The van der Waals surface area contributed by atoms with Gasteiger partial charge in [0, 0.05) is 18.7 Å². The highest BCUT2D eigenvalue weighted by Crippen LogP contribution is 2.36. The molecule has 0 radical (unpaired) electrons. The summed E-state index contributed by atoms with van der Waals surface area (Å²) in [6.07, 6.45) is 3.93. The molecule has 4 rings (SSSR count). The molecule has 10 heteroatoms. The van der Waals surface area contributed by atoms with Crippen molar-refractivity contribution in [2.75, 3.05) is 25.1 Å². The first kappa shape index (κ1) is 29.9. The summed E-state index contributed by atoms with van der Waals surface area (Å²) in [7, 11) is -1.33. The molecule has 3 aromatic carbocycles. The van der Waals surface area contributed by atoms with Crippen LogP contribution in [0.3, 0.4) is 0 Å². The minimum absolute atomic E-state index is 0.0132. The number of carbonyl (C=O) groups is 2. The molecule has 1 fully saturated rings. The second kappa shape index (κ2) is 13.5. The van der Waals surface area contributed by atoms with Crippen LogP contribution < -0.4 is 19.1 Å². The molecule has 218 valence electrons. The molecular formula is C31H37N3O6S. The fraction of sp³-hybridized carbons (Fsp3) is 0.355. The van der Waals surface area contributed by atoms with Gasteiger partial charge < -0.3 is 19.7 Å². The molecule has 41 heavy (non-hydrogen) atoms. The van der Waals surface area contributed by atoms with Crippen molar-refractivity contribution in [2.45, 2.75) is 56.1 Å². The van der Waals surface area contributed by atoms with E-state index >= 15 is 0 Å². The van der Waals surface area contributed by atoms with Crippen LogP contribution in [0.2, 0.25) is 0 Å². The number of amides is 2. The number of rotatable bonds is 12. The summed E-state index contributed by atoms with van der Waals surface area (Å²) in [6.45, 7) is 1.25. The summed E-state index contributed by atoms with van der Waals surface area (Å²) >= 11 is 0. The van der Waals surface area contributed by atoms with Gasteiger partial charge in [0.25, 0.3) is 10.0 Å². The normalized spacial score (nSPS) is 14.2. The summed E-state index contributed by atoms with van der Waals surface area (Å²) in [4.78, 5) is 28.9. The molecule has 1 N–H and O–H groups in total. The van der Waals surface area contributed by atoms with E-state index in [2.05, 4.69) is 5.32 Å². The lowest BCUT2D eigenvalue weighted by atomic mass is 10.1. The number of hydrogen-bond donors (Lipinski definition) is 1. The molecule has 3 aromatic rings. The van der Waals surface area contributed by atoms with E-state index in [0.717, 1.165) is 35.6 Å². The van der Waals surface area contributed by atoms with Gasteiger partial charge in [0.2, 0.25) is 11.8 Å². The smallest absolute Gasteiger partial charge is 0.264 e. The minimum Gasteiger partial charge on any atom is -0.497 e. The summed E-state index contributed by atoms with van der Waals surface area (Å²) in [6, 6.07) is 21.2. The molecule has 1 aliphatic rings. The van der Waals surface area contributed by atoms with Gasteiger partial charge in [-0.2, -0.15) is 0 Å². The summed E-state index contributed by atoms with van der Waals surface area (Å²) < 4.78 is 39.9. The van der Waals surface area contributed by atoms with Crippen molar-refractivity contribution < 1.29 is 27.5 Å². The maximum Gasteiger partial charge on any atom is 0.264 e. The van der Waals surface area contributed by atoms with Crippen LogP contribution in [0, 0.1) is 0 Å². The number of methoxy groups -OCH3 is 2. The monoisotopic (exact) mass is 579 g/mol. The first-order chi connectivity index (χ1) is 19.7. The zero-order valence-corrected chi connectivity index (χ0v) is 24.5. The van der Waals surface area contributed by atoms with Crippen LogP contribution in [0.1, 0.15) is 38.2 Å². The van der Waals surface area contributed by atoms with Gasteiger partial charge >= 0.3 is 0 Å². The van der Waals surface area contributed by atoms with E-state index in [-0.39, 0.29) is 34.8 Å². The number of anilines is 1. The number of ether oxygens (including phenoxy) is 2. The van der Waals surface area contributed by atoms with E-state index in [1.165, 1.54) is 37.3 Å². The zero-order valence-electron chi connectivity index (χ0n) is 23.7. The van der Waals surface area contributed by atoms with Crippen molar-refractivity contribution in [3.63, 3.8) is 0 Å². The Balaban J connectivity index is 1.73. The van der Waals surface area contributed by atoms with Crippen molar-refractivity contribution >= 4 is 27.5 Å². The second-order valence-electron chi connectivity index (χ2n) is 10.0.